The van der Waals surface area contributed by atoms with Crippen LogP contribution in [0.5, 0.6) is 0 Å². The number of carbonyl (C=O) groups excluding carboxylic acids is 1. The highest BCUT2D eigenvalue weighted by molar-refractivity contribution is 5.92. The van der Waals surface area contributed by atoms with Crippen molar-refractivity contribution in [1.29, 1.82) is 0 Å². The fraction of sp³-hybridized carbons (Fsp3) is 0.364. The number of nitrogens with one attached hydrogen (secondary N) is 2. The lowest BCUT2D eigenvalue weighted by molar-refractivity contribution is -0.384. The minimum absolute atomic E-state index is 0.0554. The third-order valence-corrected chi connectivity index (χ3v) is 2.11. The summed E-state index contributed by atoms with van der Waals surface area (Å²) < 4.78 is 4.81. The maximum atomic E-state index is 11.5. The maximum Gasteiger partial charge on any atom is 0.271 e. The van der Waals surface area contributed by atoms with Crippen LogP contribution in [0.15, 0.2) is 24.3 Å². The molecule has 7 nitrogen and oxygen atoms in total. The molecule has 0 aliphatic heterocycles. The summed E-state index contributed by atoms with van der Waals surface area (Å²) in [5.74, 6) is -0.258. The number of anilines is 1. The summed E-state index contributed by atoms with van der Waals surface area (Å²) >= 11 is 0. The van der Waals surface area contributed by atoms with Crippen molar-refractivity contribution in [1.82, 2.24) is 5.32 Å². The Bertz CT molecular complexity index is 423. The molecule has 1 rings (SSSR count). The van der Waals surface area contributed by atoms with Crippen LogP contribution < -0.4 is 10.6 Å². The van der Waals surface area contributed by atoms with Crippen molar-refractivity contribution in [2.45, 2.75) is 0 Å². The van der Waals surface area contributed by atoms with Crippen LogP contribution in [0.1, 0.15) is 0 Å². The molecule has 18 heavy (non-hydrogen) atoms. The highest BCUT2D eigenvalue weighted by Crippen LogP contribution is 2.16. The molecule has 0 aromatic heterocycles. The van der Waals surface area contributed by atoms with Crippen molar-refractivity contribution < 1.29 is 14.5 Å². The van der Waals surface area contributed by atoms with Gasteiger partial charge >= 0.3 is 0 Å². The van der Waals surface area contributed by atoms with Gasteiger partial charge in [0.2, 0.25) is 5.91 Å². The summed E-state index contributed by atoms with van der Waals surface area (Å²) in [6, 6.07) is 5.80. The van der Waals surface area contributed by atoms with Gasteiger partial charge in [-0.05, 0) is 6.07 Å². The fourth-order valence-corrected chi connectivity index (χ4v) is 1.28. The molecule has 1 aromatic carbocycles. The molecule has 0 heterocycles. The predicted octanol–water partition coefficient (Wildman–Crippen LogP) is 0.769. The van der Waals surface area contributed by atoms with Gasteiger partial charge in [0.05, 0.1) is 18.1 Å². The Morgan fingerprint density at radius 3 is 2.94 bits per heavy atom. The van der Waals surface area contributed by atoms with E-state index in [1.807, 2.05) is 0 Å². The van der Waals surface area contributed by atoms with Crippen molar-refractivity contribution in [3.63, 3.8) is 0 Å². The smallest absolute Gasteiger partial charge is 0.271 e. The average Bonchev–Trinajstić information content (AvgIpc) is 2.35. The van der Waals surface area contributed by atoms with Gasteiger partial charge in [-0.15, -0.1) is 0 Å². The van der Waals surface area contributed by atoms with Gasteiger partial charge in [0.25, 0.3) is 5.69 Å². The van der Waals surface area contributed by atoms with E-state index >= 15 is 0 Å². The molecule has 1 aromatic rings. The summed E-state index contributed by atoms with van der Waals surface area (Å²) in [5, 5.41) is 16.0. The number of hydrogen-bond donors (Lipinski definition) is 2. The zero-order valence-corrected chi connectivity index (χ0v) is 10.0. The molecule has 0 unspecified atom stereocenters. The van der Waals surface area contributed by atoms with Crippen molar-refractivity contribution in [3.05, 3.63) is 34.4 Å². The largest absolute Gasteiger partial charge is 0.383 e. The first-order valence-electron chi connectivity index (χ1n) is 5.37. The van der Waals surface area contributed by atoms with Crippen LogP contribution in [0, 0.1) is 10.1 Å². The fourth-order valence-electron chi connectivity index (χ4n) is 1.28. The summed E-state index contributed by atoms with van der Waals surface area (Å²) in [7, 11) is 1.57. The van der Waals surface area contributed by atoms with Gasteiger partial charge in [-0.3, -0.25) is 14.9 Å². The van der Waals surface area contributed by atoms with Crippen LogP contribution in [-0.4, -0.2) is 37.6 Å². The quantitative estimate of drug-likeness (QED) is 0.425. The second-order valence-corrected chi connectivity index (χ2v) is 3.53. The molecule has 7 heteroatoms. The normalized spacial score (nSPS) is 10.1. The lowest BCUT2D eigenvalue weighted by Gasteiger charge is -2.06. The number of hydrogen-bond acceptors (Lipinski definition) is 5. The zero-order valence-electron chi connectivity index (χ0n) is 10.0. The zero-order chi connectivity index (χ0) is 13.4. The predicted molar refractivity (Wildman–Crippen MR) is 66.5 cm³/mol. The molecule has 0 radical (unpaired) electrons. The van der Waals surface area contributed by atoms with Gasteiger partial charge in [-0.1, -0.05) is 6.07 Å². The maximum absolute atomic E-state index is 11.5. The van der Waals surface area contributed by atoms with E-state index < -0.39 is 4.92 Å². The molecule has 2 N–H and O–H groups in total. The number of amides is 1. The molecule has 1 amide bonds. The summed E-state index contributed by atoms with van der Waals surface area (Å²) in [6.45, 7) is 1.22. The third-order valence-electron chi connectivity index (χ3n) is 2.11. The Kier molecular flexibility index (Phi) is 5.75. The van der Waals surface area contributed by atoms with Crippen molar-refractivity contribution in [2.75, 3.05) is 32.1 Å². The second-order valence-electron chi connectivity index (χ2n) is 3.53. The first-order valence-corrected chi connectivity index (χ1v) is 5.37. The van der Waals surface area contributed by atoms with Gasteiger partial charge in [0.15, 0.2) is 0 Å². The van der Waals surface area contributed by atoms with E-state index in [9.17, 15) is 14.9 Å². The minimum atomic E-state index is -0.507. The van der Waals surface area contributed by atoms with E-state index in [2.05, 4.69) is 10.6 Å². The number of rotatable bonds is 7. The Labute approximate surface area is 104 Å². The lowest BCUT2D eigenvalue weighted by atomic mass is 10.3. The van der Waals surface area contributed by atoms with Crippen molar-refractivity contribution in [2.24, 2.45) is 0 Å². The number of nitro benzene ring substituents is 1. The minimum Gasteiger partial charge on any atom is -0.383 e. The standard InChI is InChI=1S/C11H15N3O4/c1-18-6-5-12-8-11(15)13-9-3-2-4-10(7-9)14(16)17/h2-4,7,12H,5-6,8H2,1H3,(H,13,15). The highest BCUT2D eigenvalue weighted by Gasteiger charge is 2.07. The van der Waals surface area contributed by atoms with E-state index in [4.69, 9.17) is 4.74 Å². The van der Waals surface area contributed by atoms with Crippen LogP contribution >= 0.6 is 0 Å². The molecule has 0 fully saturated rings. The number of benzene rings is 1. The van der Waals surface area contributed by atoms with Gasteiger partial charge in [-0.2, -0.15) is 0 Å². The third kappa shape index (κ3) is 4.89. The van der Waals surface area contributed by atoms with Gasteiger partial charge in [0, 0.05) is 31.5 Å². The van der Waals surface area contributed by atoms with E-state index in [1.165, 1.54) is 18.2 Å². The molecule has 0 spiro atoms. The molecule has 98 valence electrons. The molecular weight excluding hydrogens is 238 g/mol. The second kappa shape index (κ2) is 7.36. The van der Waals surface area contributed by atoms with Crippen LogP contribution in [-0.2, 0) is 9.53 Å². The molecule has 0 saturated carbocycles. The lowest BCUT2D eigenvalue weighted by Crippen LogP contribution is -2.30. The average molecular weight is 253 g/mol. The number of methoxy groups -OCH3 is 1. The van der Waals surface area contributed by atoms with E-state index in [0.29, 0.717) is 18.8 Å². The van der Waals surface area contributed by atoms with Crippen LogP contribution in [0.25, 0.3) is 0 Å². The molecule has 0 bridgehead atoms. The van der Waals surface area contributed by atoms with E-state index in [1.54, 1.807) is 13.2 Å². The Morgan fingerprint density at radius 1 is 1.50 bits per heavy atom. The number of non-ortho nitro benzene ring substituents is 1. The molecule has 0 atom stereocenters. The summed E-state index contributed by atoms with van der Waals surface area (Å²) in [6.07, 6.45) is 0. The Balaban J connectivity index is 2.44. The summed E-state index contributed by atoms with van der Waals surface area (Å²) in [5.41, 5.74) is 0.350. The number of ether oxygens (including phenoxy) is 1. The Hall–Kier alpha value is -1.99. The van der Waals surface area contributed by atoms with Gasteiger partial charge in [0.1, 0.15) is 0 Å². The molecular formula is C11H15N3O4. The number of carbonyl (C=O) groups is 1. The van der Waals surface area contributed by atoms with Crippen LogP contribution in [0.4, 0.5) is 11.4 Å². The highest BCUT2D eigenvalue weighted by atomic mass is 16.6. The summed E-state index contributed by atoms with van der Waals surface area (Å²) in [4.78, 5) is 21.5. The first kappa shape index (κ1) is 14.1. The van der Waals surface area contributed by atoms with Gasteiger partial charge in [-0.25, -0.2) is 0 Å². The van der Waals surface area contributed by atoms with Crippen molar-refractivity contribution >= 4 is 17.3 Å². The Morgan fingerprint density at radius 2 is 2.28 bits per heavy atom. The van der Waals surface area contributed by atoms with E-state index in [-0.39, 0.29) is 18.1 Å². The number of nitro groups is 1. The topological polar surface area (TPSA) is 93.5 Å². The first-order chi connectivity index (χ1) is 8.63. The number of nitrogens with zero attached hydrogens (tertiary/aromatic N) is 1. The SMILES string of the molecule is COCCNCC(=O)Nc1cccc([N+](=O)[O-])c1. The molecule has 0 aliphatic rings. The van der Waals surface area contributed by atoms with E-state index in [0.717, 1.165) is 0 Å². The molecule has 0 saturated heterocycles. The molecule has 0 aliphatic carbocycles. The van der Waals surface area contributed by atoms with Crippen LogP contribution in [0.2, 0.25) is 0 Å². The monoisotopic (exact) mass is 253 g/mol. The van der Waals surface area contributed by atoms with Gasteiger partial charge < -0.3 is 15.4 Å². The van der Waals surface area contributed by atoms with Crippen molar-refractivity contribution in [3.8, 4) is 0 Å². The van der Waals surface area contributed by atoms with Crippen LogP contribution in [0.3, 0.4) is 0 Å².